The molecule has 0 bridgehead atoms. The van der Waals surface area contributed by atoms with Crippen LogP contribution in [-0.4, -0.2) is 0 Å². The van der Waals surface area contributed by atoms with Crippen LogP contribution >= 0.6 is 0 Å². The van der Waals surface area contributed by atoms with Gasteiger partial charge in [-0.05, 0) is 37.0 Å². The fourth-order valence-electron chi connectivity index (χ4n) is 1.89. The van der Waals surface area contributed by atoms with Crippen LogP contribution in [0.5, 0.6) is 0 Å². The predicted molar refractivity (Wildman–Crippen MR) is 55.1 cm³/mol. The van der Waals surface area contributed by atoms with Gasteiger partial charge in [0.25, 0.3) is 0 Å². The highest BCUT2D eigenvalue weighted by atomic mass is 14.3. The Kier molecular flexibility index (Phi) is 1.94. The summed E-state index contributed by atoms with van der Waals surface area (Å²) in [7, 11) is 0. The van der Waals surface area contributed by atoms with E-state index < -0.39 is 5.89 Å². The summed E-state index contributed by atoms with van der Waals surface area (Å²) >= 11 is 0. The molecular formula is C12H22. The van der Waals surface area contributed by atoms with Crippen molar-refractivity contribution in [2.75, 3.05) is 0 Å². The Morgan fingerprint density at radius 3 is 2.58 bits per heavy atom. The third-order valence-corrected chi connectivity index (χ3v) is 2.76. The van der Waals surface area contributed by atoms with Crippen LogP contribution in [0.1, 0.15) is 50.2 Å². The van der Waals surface area contributed by atoms with Gasteiger partial charge < -0.3 is 0 Å². The maximum absolute atomic E-state index is 8.13. The molecule has 0 aromatic carbocycles. The lowest BCUT2D eigenvalue weighted by Crippen LogP contribution is -2.25. The first-order valence-electron chi connectivity index (χ1n) is 5.81. The summed E-state index contributed by atoms with van der Waals surface area (Å²) in [4.78, 5) is 0. The molecule has 0 aromatic heterocycles. The molecule has 0 saturated carbocycles. The van der Waals surface area contributed by atoms with Gasteiger partial charge in [0.2, 0.25) is 0 Å². The van der Waals surface area contributed by atoms with Gasteiger partial charge in [-0.15, -0.1) is 0 Å². The van der Waals surface area contributed by atoms with Gasteiger partial charge in [-0.25, -0.2) is 0 Å². The molecule has 1 aliphatic rings. The van der Waals surface area contributed by atoms with Gasteiger partial charge in [-0.1, -0.05) is 39.3 Å². The van der Waals surface area contributed by atoms with E-state index in [2.05, 4.69) is 20.8 Å². The molecule has 0 heterocycles. The Balaban J connectivity index is 2.96. The second-order valence-corrected chi connectivity index (χ2v) is 5.16. The number of hydrogen-bond acceptors (Lipinski definition) is 0. The molecule has 0 N–H and O–H groups in total. The first kappa shape index (κ1) is 7.17. The molecule has 0 fully saturated rings. The highest BCUT2D eigenvalue weighted by molar-refractivity contribution is 5.07. The summed E-state index contributed by atoms with van der Waals surface area (Å²) in [5, 5.41) is 0. The zero-order chi connectivity index (χ0) is 11.1. The Morgan fingerprint density at radius 1 is 1.58 bits per heavy atom. The first-order chi connectivity index (χ1) is 6.14. The Labute approximate surface area is 79.9 Å². The summed E-state index contributed by atoms with van der Waals surface area (Å²) in [5.41, 5.74) is 1.36. The summed E-state index contributed by atoms with van der Waals surface area (Å²) in [6.45, 7) is 10.6. The van der Waals surface area contributed by atoms with E-state index in [-0.39, 0.29) is 5.41 Å². The van der Waals surface area contributed by atoms with Crippen LogP contribution in [0, 0.1) is 17.2 Å². The van der Waals surface area contributed by atoms with E-state index in [0.717, 1.165) is 18.4 Å². The van der Waals surface area contributed by atoms with Crippen molar-refractivity contribution in [3.8, 4) is 0 Å². The highest BCUT2D eigenvalue weighted by Crippen LogP contribution is 2.39. The van der Waals surface area contributed by atoms with Crippen molar-refractivity contribution in [1.29, 1.82) is 0 Å². The standard InChI is InChI=1S/C12H22/c1-9-6-10(2)8-11(7-9)12(3,4)5/h6,9,11H,7-8H2,1-5H3/t9-,11+/m1/s1/i6D,9D. The van der Waals surface area contributed by atoms with Gasteiger partial charge in [0, 0.05) is 1.37 Å². The van der Waals surface area contributed by atoms with E-state index in [1.165, 1.54) is 0 Å². The molecule has 0 saturated heterocycles. The lowest BCUT2D eigenvalue weighted by atomic mass is 9.70. The molecule has 0 radical (unpaired) electrons. The molecule has 12 heavy (non-hydrogen) atoms. The average molecular weight is 168 g/mol. The third kappa shape index (κ3) is 2.36. The minimum absolute atomic E-state index is 0.254. The van der Waals surface area contributed by atoms with Crippen molar-refractivity contribution in [1.82, 2.24) is 0 Å². The smallest absolute Gasteiger partial charge is 0.0578 e. The minimum atomic E-state index is -0.666. The van der Waals surface area contributed by atoms with Crippen molar-refractivity contribution >= 4 is 0 Å². The van der Waals surface area contributed by atoms with Gasteiger partial charge in [-0.3, -0.25) is 0 Å². The zero-order valence-corrected chi connectivity index (χ0v) is 8.99. The second-order valence-electron chi connectivity index (χ2n) is 5.16. The summed E-state index contributed by atoms with van der Waals surface area (Å²) in [6.07, 6.45) is 1.82. The molecule has 0 nitrogen and oxygen atoms in total. The SMILES string of the molecule is [2H]C1=C(C)C[C@@H](C(C)(C)C)C[C@]1([2H])C. The molecule has 0 aromatic rings. The van der Waals surface area contributed by atoms with Crippen LogP contribution in [0.25, 0.3) is 0 Å². The Hall–Kier alpha value is -0.260. The predicted octanol–water partition coefficient (Wildman–Crippen LogP) is 4.02. The van der Waals surface area contributed by atoms with Crippen molar-refractivity contribution < 1.29 is 2.74 Å². The summed E-state index contributed by atoms with van der Waals surface area (Å²) in [6, 6.07) is 0.540. The quantitative estimate of drug-likeness (QED) is 0.479. The van der Waals surface area contributed by atoms with Gasteiger partial charge in [-0.2, -0.15) is 0 Å². The molecule has 70 valence electrons. The summed E-state index contributed by atoms with van der Waals surface area (Å²) < 4.78 is 16.0. The van der Waals surface area contributed by atoms with Gasteiger partial charge >= 0.3 is 0 Å². The topological polar surface area (TPSA) is 0 Å². The fraction of sp³-hybridized carbons (Fsp3) is 0.833. The monoisotopic (exact) mass is 168 g/mol. The van der Waals surface area contributed by atoms with E-state index in [9.17, 15) is 0 Å². The van der Waals surface area contributed by atoms with Crippen LogP contribution < -0.4 is 0 Å². The van der Waals surface area contributed by atoms with E-state index in [1.807, 2.05) is 13.8 Å². The molecule has 0 heteroatoms. The van der Waals surface area contributed by atoms with Crippen molar-refractivity contribution in [2.45, 2.75) is 47.5 Å². The van der Waals surface area contributed by atoms with Crippen molar-refractivity contribution in [3.63, 3.8) is 0 Å². The maximum atomic E-state index is 8.13. The van der Waals surface area contributed by atoms with Crippen LogP contribution in [-0.2, 0) is 0 Å². The molecule has 2 atom stereocenters. The van der Waals surface area contributed by atoms with Crippen LogP contribution in [0.4, 0.5) is 0 Å². The minimum Gasteiger partial charge on any atom is -0.0827 e. The van der Waals surface area contributed by atoms with Gasteiger partial charge in [0.15, 0.2) is 0 Å². The lowest BCUT2D eigenvalue weighted by molar-refractivity contribution is 0.199. The van der Waals surface area contributed by atoms with Gasteiger partial charge in [0.05, 0.1) is 1.37 Å². The first-order valence-corrected chi connectivity index (χ1v) is 4.81. The molecule has 0 spiro atoms. The van der Waals surface area contributed by atoms with Crippen molar-refractivity contribution in [2.24, 2.45) is 17.2 Å². The van der Waals surface area contributed by atoms with Crippen LogP contribution in [0.15, 0.2) is 11.6 Å². The zero-order valence-electron chi connectivity index (χ0n) is 11.0. The normalized spacial score (nSPS) is 40.9. The average Bonchev–Trinajstić information content (AvgIpc) is 1.97. The van der Waals surface area contributed by atoms with Gasteiger partial charge in [0.1, 0.15) is 0 Å². The number of rotatable bonds is 0. The van der Waals surface area contributed by atoms with Crippen molar-refractivity contribution in [3.05, 3.63) is 11.6 Å². The van der Waals surface area contributed by atoms with E-state index >= 15 is 0 Å². The molecule has 0 unspecified atom stereocenters. The maximum Gasteiger partial charge on any atom is 0.0578 e. The molecule has 0 aliphatic heterocycles. The fourth-order valence-corrected chi connectivity index (χ4v) is 1.89. The number of hydrogen-bond donors (Lipinski definition) is 0. The third-order valence-electron chi connectivity index (χ3n) is 2.76. The van der Waals surface area contributed by atoms with Crippen LogP contribution in [0.2, 0.25) is 0 Å². The Morgan fingerprint density at radius 2 is 2.17 bits per heavy atom. The lowest BCUT2D eigenvalue weighted by Gasteiger charge is -2.35. The highest BCUT2D eigenvalue weighted by Gasteiger charge is 2.28. The molecule has 1 aliphatic carbocycles. The molecule has 0 amide bonds. The number of allylic oxidation sites excluding steroid dienone is 2. The molecular weight excluding hydrogens is 144 g/mol. The second kappa shape index (κ2) is 3.24. The van der Waals surface area contributed by atoms with E-state index in [0.29, 0.717) is 12.0 Å². The molecule has 1 rings (SSSR count). The largest absolute Gasteiger partial charge is 0.0827 e. The van der Waals surface area contributed by atoms with Crippen LogP contribution in [0.3, 0.4) is 0 Å². The summed E-state index contributed by atoms with van der Waals surface area (Å²) in [5.74, 6) is -0.126. The van der Waals surface area contributed by atoms with E-state index in [4.69, 9.17) is 2.74 Å². The Bertz CT molecular complexity index is 256. The van der Waals surface area contributed by atoms with E-state index in [1.54, 1.807) is 0 Å².